The Kier molecular flexibility index (Phi) is 6.40. The molecule has 0 bridgehead atoms. The molecule has 0 aliphatic rings. The normalized spacial score (nSPS) is 12.2. The van der Waals surface area contributed by atoms with Gasteiger partial charge < -0.3 is 9.47 Å². The maximum atomic E-state index is 13.3. The lowest BCUT2D eigenvalue weighted by molar-refractivity contribution is -0.141. The molecule has 33 heavy (non-hydrogen) atoms. The lowest BCUT2D eigenvalue weighted by Crippen LogP contribution is -2.31. The first kappa shape index (κ1) is 23.7. The third kappa shape index (κ3) is 4.65. The summed E-state index contributed by atoms with van der Waals surface area (Å²) in [6.07, 6.45) is -2.26. The van der Waals surface area contributed by atoms with Crippen molar-refractivity contribution in [3.63, 3.8) is 0 Å². The lowest BCUT2D eigenvalue weighted by atomic mass is 9.98. The predicted octanol–water partition coefficient (Wildman–Crippen LogP) is 4.42. The smallest absolute Gasteiger partial charge is 0.345 e. The van der Waals surface area contributed by atoms with Crippen LogP contribution in [0.5, 0.6) is 0 Å². The van der Waals surface area contributed by atoms with E-state index in [1.54, 1.807) is 35.8 Å². The van der Waals surface area contributed by atoms with Gasteiger partial charge in [-0.3, -0.25) is 14.6 Å². The maximum Gasteiger partial charge on any atom is 0.433 e. The fraction of sp³-hybridized carbons (Fsp3) is 0.250. The molecule has 1 aromatic carbocycles. The van der Waals surface area contributed by atoms with E-state index in [-0.39, 0.29) is 22.7 Å². The number of nitriles is 1. The van der Waals surface area contributed by atoms with Gasteiger partial charge in [0.15, 0.2) is 0 Å². The largest absolute Gasteiger partial charge is 0.433 e. The fourth-order valence-corrected chi connectivity index (χ4v) is 3.60. The Labute approximate surface area is 188 Å². The zero-order valence-corrected chi connectivity index (χ0v) is 18.4. The van der Waals surface area contributed by atoms with Crippen molar-refractivity contribution in [1.29, 1.82) is 5.26 Å². The van der Waals surface area contributed by atoms with Crippen molar-refractivity contribution in [3.8, 4) is 17.2 Å². The second-order valence-corrected chi connectivity index (χ2v) is 7.78. The monoisotopic (exact) mass is 454 g/mol. The number of pyridine rings is 2. The van der Waals surface area contributed by atoms with E-state index in [0.717, 1.165) is 17.8 Å². The zero-order chi connectivity index (χ0) is 24.5. The Balaban J connectivity index is 2.29. The summed E-state index contributed by atoms with van der Waals surface area (Å²) in [5.41, 5.74) is -0.268. The Morgan fingerprint density at radius 3 is 2.36 bits per heavy atom. The average Bonchev–Trinajstić information content (AvgIpc) is 2.78. The van der Waals surface area contributed by atoms with Crippen LogP contribution in [0.15, 0.2) is 53.6 Å². The zero-order valence-electron chi connectivity index (χ0n) is 18.4. The van der Waals surface area contributed by atoms with E-state index in [4.69, 9.17) is 5.26 Å². The molecule has 1 unspecified atom stereocenters. The molecular weight excluding hydrogens is 433 g/mol. The van der Waals surface area contributed by atoms with Gasteiger partial charge in [0, 0.05) is 37.7 Å². The van der Waals surface area contributed by atoms with Crippen molar-refractivity contribution in [2.24, 2.45) is 0 Å². The number of carbonyl (C=O) groups is 1. The Morgan fingerprint density at radius 2 is 1.82 bits per heavy atom. The van der Waals surface area contributed by atoms with E-state index >= 15 is 0 Å². The van der Waals surface area contributed by atoms with Crippen LogP contribution in [-0.2, 0) is 6.18 Å². The molecule has 0 N–H and O–H groups in total. The second-order valence-electron chi connectivity index (χ2n) is 7.78. The number of amides is 1. The quantitative estimate of drug-likeness (QED) is 0.585. The van der Waals surface area contributed by atoms with E-state index in [0.29, 0.717) is 11.3 Å². The van der Waals surface area contributed by atoms with E-state index in [2.05, 4.69) is 4.98 Å². The van der Waals surface area contributed by atoms with Crippen LogP contribution in [0, 0.1) is 18.3 Å². The van der Waals surface area contributed by atoms with Gasteiger partial charge in [-0.25, -0.2) is 0 Å². The number of hydrogen-bond acceptors (Lipinski definition) is 4. The molecule has 3 rings (SSSR count). The second kappa shape index (κ2) is 8.90. The van der Waals surface area contributed by atoms with Crippen molar-refractivity contribution in [3.05, 3.63) is 87.1 Å². The van der Waals surface area contributed by atoms with Gasteiger partial charge in [0.2, 0.25) is 5.43 Å². The number of aromatic nitrogens is 2. The molecule has 1 amide bonds. The Bertz CT molecular complexity index is 1300. The molecule has 0 saturated carbocycles. The van der Waals surface area contributed by atoms with Crippen molar-refractivity contribution in [2.45, 2.75) is 26.1 Å². The summed E-state index contributed by atoms with van der Waals surface area (Å²) in [7, 11) is 2.98. The van der Waals surface area contributed by atoms with Crippen LogP contribution in [0.4, 0.5) is 13.2 Å². The van der Waals surface area contributed by atoms with Gasteiger partial charge >= 0.3 is 6.18 Å². The van der Waals surface area contributed by atoms with Gasteiger partial charge in [0.25, 0.3) is 5.91 Å². The summed E-state index contributed by atoms with van der Waals surface area (Å²) >= 11 is 0. The molecule has 0 fully saturated rings. The summed E-state index contributed by atoms with van der Waals surface area (Å²) in [6.45, 7) is 3.45. The first-order valence-corrected chi connectivity index (χ1v) is 9.96. The van der Waals surface area contributed by atoms with Gasteiger partial charge in [-0.2, -0.15) is 18.4 Å². The Morgan fingerprint density at radius 1 is 1.18 bits per heavy atom. The summed E-state index contributed by atoms with van der Waals surface area (Å²) < 4.78 is 41.5. The molecule has 2 heterocycles. The highest BCUT2D eigenvalue weighted by atomic mass is 19.4. The molecule has 0 aliphatic carbocycles. The molecule has 0 spiro atoms. The molecule has 0 radical (unpaired) electrons. The van der Waals surface area contributed by atoms with Crippen molar-refractivity contribution in [2.75, 3.05) is 14.1 Å². The Hall–Kier alpha value is -3.93. The number of benzene rings is 1. The van der Waals surface area contributed by atoms with Crippen LogP contribution in [0.3, 0.4) is 0 Å². The average molecular weight is 454 g/mol. The number of carbonyl (C=O) groups excluding carboxylic acids is 1. The maximum absolute atomic E-state index is 13.3. The third-order valence-electron chi connectivity index (χ3n) is 5.40. The van der Waals surface area contributed by atoms with E-state index in [1.807, 2.05) is 13.0 Å². The van der Waals surface area contributed by atoms with Gasteiger partial charge in [-0.05, 0) is 49.2 Å². The number of alkyl halides is 3. The minimum atomic E-state index is -4.68. The van der Waals surface area contributed by atoms with Crippen LogP contribution in [0.25, 0.3) is 11.1 Å². The van der Waals surface area contributed by atoms with Gasteiger partial charge in [-0.15, -0.1) is 0 Å². The molecule has 3 aromatic rings. The van der Waals surface area contributed by atoms with Gasteiger partial charge in [0.1, 0.15) is 11.3 Å². The standard InChI is InChI=1S/C24H21F3N4O2/c1-14(17-7-5-16(12-28)6-8-17)31-13-19(23(33)30(3)4)22(32)21(15(31)2)18-9-10-29-20(11-18)24(25,26)27/h5-11,13-14H,1-4H3. The lowest BCUT2D eigenvalue weighted by Gasteiger charge is -2.24. The van der Waals surface area contributed by atoms with Gasteiger partial charge in [0.05, 0.1) is 17.7 Å². The first-order valence-electron chi connectivity index (χ1n) is 9.96. The highest BCUT2D eigenvalue weighted by Crippen LogP contribution is 2.32. The van der Waals surface area contributed by atoms with E-state index < -0.39 is 23.2 Å². The van der Waals surface area contributed by atoms with Crippen LogP contribution in [-0.4, -0.2) is 34.5 Å². The summed E-state index contributed by atoms with van der Waals surface area (Å²) in [5.74, 6) is -0.563. The highest BCUT2D eigenvalue weighted by Gasteiger charge is 2.33. The van der Waals surface area contributed by atoms with E-state index in [1.165, 1.54) is 31.3 Å². The van der Waals surface area contributed by atoms with Crippen molar-refractivity contribution < 1.29 is 18.0 Å². The molecular formula is C24H21F3N4O2. The first-order chi connectivity index (χ1) is 15.5. The van der Waals surface area contributed by atoms with Crippen LogP contribution >= 0.6 is 0 Å². The van der Waals surface area contributed by atoms with Crippen molar-refractivity contribution >= 4 is 5.91 Å². The summed E-state index contributed by atoms with van der Waals surface area (Å²) in [6, 6.07) is 10.6. The molecule has 1 atom stereocenters. The highest BCUT2D eigenvalue weighted by molar-refractivity contribution is 5.95. The van der Waals surface area contributed by atoms with Crippen molar-refractivity contribution in [1.82, 2.24) is 14.5 Å². The van der Waals surface area contributed by atoms with Crippen LogP contribution in [0.2, 0.25) is 0 Å². The minimum absolute atomic E-state index is 0.00362. The summed E-state index contributed by atoms with van der Waals surface area (Å²) in [5, 5.41) is 9.03. The number of hydrogen-bond donors (Lipinski definition) is 0. The summed E-state index contributed by atoms with van der Waals surface area (Å²) in [4.78, 5) is 30.7. The van der Waals surface area contributed by atoms with E-state index in [9.17, 15) is 22.8 Å². The molecule has 0 aliphatic heterocycles. The fourth-order valence-electron chi connectivity index (χ4n) is 3.60. The number of nitrogens with zero attached hydrogens (tertiary/aromatic N) is 4. The molecule has 0 saturated heterocycles. The predicted molar refractivity (Wildman–Crippen MR) is 117 cm³/mol. The third-order valence-corrected chi connectivity index (χ3v) is 5.40. The minimum Gasteiger partial charge on any atom is -0.345 e. The van der Waals surface area contributed by atoms with Crippen LogP contribution in [0.1, 0.15) is 45.8 Å². The number of halogens is 3. The molecule has 9 heteroatoms. The molecule has 6 nitrogen and oxygen atoms in total. The number of rotatable bonds is 4. The van der Waals surface area contributed by atoms with Gasteiger partial charge in [-0.1, -0.05) is 12.1 Å². The molecule has 2 aromatic heterocycles. The SMILES string of the molecule is Cc1c(-c2ccnc(C(F)(F)F)c2)c(=O)c(C(=O)N(C)C)cn1C(C)c1ccc(C#N)cc1. The van der Waals surface area contributed by atoms with Crippen LogP contribution < -0.4 is 5.43 Å². The molecule has 170 valence electrons. The topological polar surface area (TPSA) is 79.0 Å².